The molecule has 4 rings (SSSR count). The Bertz CT molecular complexity index is 1670. The fourth-order valence-corrected chi connectivity index (χ4v) is 6.47. The second-order valence-electron chi connectivity index (χ2n) is 10.1. The molecule has 230 valence electrons. The highest BCUT2D eigenvalue weighted by molar-refractivity contribution is 7.92. The van der Waals surface area contributed by atoms with Crippen LogP contribution in [0.1, 0.15) is 24.5 Å². The molecule has 11 heteroatoms. The molecule has 0 aliphatic heterocycles. The Labute approximate surface area is 273 Å². The number of nitrogens with zero attached hydrogens (tertiary/aromatic N) is 2. The van der Waals surface area contributed by atoms with Gasteiger partial charge < -0.3 is 10.2 Å². The van der Waals surface area contributed by atoms with Gasteiger partial charge in [-0.25, -0.2) is 8.42 Å². The van der Waals surface area contributed by atoms with E-state index in [-0.39, 0.29) is 23.8 Å². The minimum absolute atomic E-state index is 0.0175. The number of nitrogens with one attached hydrogen (secondary N) is 1. The van der Waals surface area contributed by atoms with E-state index >= 15 is 0 Å². The molecule has 0 unspecified atom stereocenters. The summed E-state index contributed by atoms with van der Waals surface area (Å²) in [5.41, 5.74) is 1.76. The van der Waals surface area contributed by atoms with E-state index in [1.165, 1.54) is 29.2 Å². The van der Waals surface area contributed by atoms with Crippen LogP contribution in [-0.4, -0.2) is 44.3 Å². The third-order valence-corrected chi connectivity index (χ3v) is 9.66. The monoisotopic (exact) mass is 671 g/mol. The number of carbonyl (C=O) groups is 2. The topological polar surface area (TPSA) is 86.8 Å². The van der Waals surface area contributed by atoms with Crippen LogP contribution in [-0.2, 0) is 32.6 Å². The van der Waals surface area contributed by atoms with Crippen LogP contribution in [0.5, 0.6) is 0 Å². The van der Waals surface area contributed by atoms with Crippen molar-refractivity contribution in [1.82, 2.24) is 10.2 Å². The van der Waals surface area contributed by atoms with Crippen LogP contribution < -0.4 is 9.62 Å². The maximum Gasteiger partial charge on any atom is 0.264 e. The fourth-order valence-electron chi connectivity index (χ4n) is 4.61. The summed E-state index contributed by atoms with van der Waals surface area (Å²) < 4.78 is 29.0. The lowest BCUT2D eigenvalue weighted by Gasteiger charge is -2.34. The van der Waals surface area contributed by atoms with Crippen LogP contribution in [0.4, 0.5) is 5.69 Å². The molecule has 0 bridgehead atoms. The SMILES string of the molecule is CCCNC(=O)[C@H](Cc1ccccc1)N(Cc1ccc(Cl)c(Cl)c1)C(=O)CN(c1ccccc1)S(=O)(=O)c1ccc(Cl)cc1. The first-order valence-electron chi connectivity index (χ1n) is 14.0. The smallest absolute Gasteiger partial charge is 0.264 e. The second kappa shape index (κ2) is 15.4. The van der Waals surface area contributed by atoms with Crippen molar-refractivity contribution in [3.63, 3.8) is 0 Å². The predicted molar refractivity (Wildman–Crippen MR) is 177 cm³/mol. The zero-order valence-electron chi connectivity index (χ0n) is 24.0. The van der Waals surface area contributed by atoms with E-state index in [0.717, 1.165) is 9.87 Å². The van der Waals surface area contributed by atoms with Crippen LogP contribution in [0.25, 0.3) is 0 Å². The largest absolute Gasteiger partial charge is 0.354 e. The Balaban J connectivity index is 1.79. The molecule has 0 spiro atoms. The molecule has 0 aliphatic carbocycles. The first-order chi connectivity index (χ1) is 21.1. The number of para-hydroxylation sites is 1. The number of carbonyl (C=O) groups excluding carboxylic acids is 2. The number of sulfonamides is 1. The average Bonchev–Trinajstić information content (AvgIpc) is 3.03. The van der Waals surface area contributed by atoms with Crippen LogP contribution in [0.2, 0.25) is 15.1 Å². The summed E-state index contributed by atoms with van der Waals surface area (Å²) in [6.07, 6.45) is 0.907. The quantitative estimate of drug-likeness (QED) is 0.166. The highest BCUT2D eigenvalue weighted by Gasteiger charge is 2.34. The lowest BCUT2D eigenvalue weighted by Crippen LogP contribution is -2.53. The zero-order valence-corrected chi connectivity index (χ0v) is 27.1. The normalized spacial score (nSPS) is 11.9. The molecule has 0 saturated heterocycles. The highest BCUT2D eigenvalue weighted by atomic mass is 35.5. The molecule has 7 nitrogen and oxygen atoms in total. The summed E-state index contributed by atoms with van der Waals surface area (Å²) in [4.78, 5) is 29.4. The summed E-state index contributed by atoms with van der Waals surface area (Å²) in [5.74, 6) is -0.930. The Kier molecular flexibility index (Phi) is 11.7. The molecule has 44 heavy (non-hydrogen) atoms. The number of halogens is 3. The minimum atomic E-state index is -4.22. The summed E-state index contributed by atoms with van der Waals surface area (Å²) >= 11 is 18.5. The van der Waals surface area contributed by atoms with Gasteiger partial charge in [-0.3, -0.25) is 13.9 Å². The molecule has 2 amide bonds. The third-order valence-electron chi connectivity index (χ3n) is 6.88. The Hall–Kier alpha value is -3.56. The van der Waals surface area contributed by atoms with Gasteiger partial charge in [0, 0.05) is 24.5 Å². The molecule has 0 heterocycles. The van der Waals surface area contributed by atoms with Crippen LogP contribution in [0.15, 0.2) is 108 Å². The Morgan fingerprint density at radius 3 is 2.05 bits per heavy atom. The van der Waals surface area contributed by atoms with E-state index in [4.69, 9.17) is 34.8 Å². The van der Waals surface area contributed by atoms with Crippen LogP contribution in [0, 0.1) is 0 Å². The molecule has 0 saturated carbocycles. The lowest BCUT2D eigenvalue weighted by molar-refractivity contribution is -0.140. The van der Waals surface area contributed by atoms with Crippen molar-refractivity contribution in [2.45, 2.75) is 37.2 Å². The lowest BCUT2D eigenvalue weighted by atomic mass is 10.0. The van der Waals surface area contributed by atoms with Gasteiger partial charge in [-0.2, -0.15) is 0 Å². The van der Waals surface area contributed by atoms with Gasteiger partial charge in [0.25, 0.3) is 10.0 Å². The average molecular weight is 673 g/mol. The second-order valence-corrected chi connectivity index (χ2v) is 13.2. The molecule has 4 aromatic carbocycles. The number of hydrogen-bond acceptors (Lipinski definition) is 4. The molecule has 1 atom stereocenters. The first kappa shape index (κ1) is 33.3. The molecular weight excluding hydrogens is 641 g/mol. The van der Waals surface area contributed by atoms with Gasteiger partial charge in [0.2, 0.25) is 11.8 Å². The van der Waals surface area contributed by atoms with E-state index < -0.39 is 28.5 Å². The Morgan fingerprint density at radius 2 is 1.43 bits per heavy atom. The number of benzene rings is 4. The predicted octanol–water partition coefficient (Wildman–Crippen LogP) is 7.01. The number of amides is 2. The maximum absolute atomic E-state index is 14.4. The Morgan fingerprint density at radius 1 is 0.795 bits per heavy atom. The van der Waals surface area contributed by atoms with Gasteiger partial charge >= 0.3 is 0 Å². The van der Waals surface area contributed by atoms with Gasteiger partial charge in [0.1, 0.15) is 12.6 Å². The van der Waals surface area contributed by atoms with Crippen LogP contribution in [0.3, 0.4) is 0 Å². The van der Waals surface area contributed by atoms with Crippen molar-refractivity contribution in [3.8, 4) is 0 Å². The number of rotatable bonds is 13. The van der Waals surface area contributed by atoms with Gasteiger partial charge in [-0.15, -0.1) is 0 Å². The first-order valence-corrected chi connectivity index (χ1v) is 16.6. The van der Waals surface area contributed by atoms with Crippen molar-refractivity contribution < 1.29 is 18.0 Å². The molecule has 0 radical (unpaired) electrons. The van der Waals surface area contributed by atoms with Gasteiger partial charge in [0.15, 0.2) is 0 Å². The van der Waals surface area contributed by atoms with E-state index in [1.807, 2.05) is 37.3 Å². The van der Waals surface area contributed by atoms with Crippen LogP contribution >= 0.6 is 34.8 Å². The standard InChI is InChI=1S/C33H32Cl3N3O4S/c1-2-19-37-33(41)31(21-24-9-5-3-6-10-24)38(22-25-13-18-29(35)30(36)20-25)32(40)23-39(27-11-7-4-8-12-27)44(42,43)28-16-14-26(34)15-17-28/h3-18,20,31H,2,19,21-23H2,1H3,(H,37,41)/t31-/m0/s1. The van der Waals surface area contributed by atoms with Crippen molar-refractivity contribution in [1.29, 1.82) is 0 Å². The van der Waals surface area contributed by atoms with E-state index in [1.54, 1.807) is 48.5 Å². The summed E-state index contributed by atoms with van der Waals surface area (Å²) in [6, 6.07) is 27.4. The zero-order chi connectivity index (χ0) is 31.7. The van der Waals surface area contributed by atoms with E-state index in [9.17, 15) is 18.0 Å². The molecule has 1 N–H and O–H groups in total. The van der Waals surface area contributed by atoms with Crippen molar-refractivity contribution in [3.05, 3.63) is 129 Å². The third kappa shape index (κ3) is 8.54. The molecule has 4 aromatic rings. The minimum Gasteiger partial charge on any atom is -0.354 e. The van der Waals surface area contributed by atoms with E-state index in [0.29, 0.717) is 39.3 Å². The van der Waals surface area contributed by atoms with Gasteiger partial charge in [-0.05, 0) is 66.1 Å². The van der Waals surface area contributed by atoms with Gasteiger partial charge in [0.05, 0.1) is 20.6 Å². The highest BCUT2D eigenvalue weighted by Crippen LogP contribution is 2.27. The maximum atomic E-state index is 14.4. The van der Waals surface area contributed by atoms with Gasteiger partial charge in [-0.1, -0.05) is 96.3 Å². The summed E-state index contributed by atoms with van der Waals surface area (Å²) in [5, 5.41) is 3.93. The summed E-state index contributed by atoms with van der Waals surface area (Å²) in [7, 11) is -4.22. The fraction of sp³-hybridized carbons (Fsp3) is 0.212. The molecule has 0 aliphatic rings. The molecule has 0 fully saturated rings. The number of hydrogen-bond donors (Lipinski definition) is 1. The van der Waals surface area contributed by atoms with Crippen molar-refractivity contribution in [2.24, 2.45) is 0 Å². The van der Waals surface area contributed by atoms with Crippen molar-refractivity contribution in [2.75, 3.05) is 17.4 Å². The van der Waals surface area contributed by atoms with E-state index in [2.05, 4.69) is 5.32 Å². The molecular formula is C33H32Cl3N3O4S. The number of anilines is 1. The molecule has 0 aromatic heterocycles. The summed E-state index contributed by atoms with van der Waals surface area (Å²) in [6.45, 7) is 1.77. The van der Waals surface area contributed by atoms with Crippen molar-refractivity contribution >= 4 is 62.3 Å².